The maximum absolute atomic E-state index is 13.6. The summed E-state index contributed by atoms with van der Waals surface area (Å²) in [7, 11) is 0. The number of para-hydroxylation sites is 2. The molecule has 0 bridgehead atoms. The fourth-order valence-corrected chi connectivity index (χ4v) is 5.02. The minimum Gasteiger partial charge on any atom is -0.490 e. The number of anilines is 1. The maximum atomic E-state index is 13.6. The molecule has 1 fully saturated rings. The fourth-order valence-electron chi connectivity index (χ4n) is 3.97. The molecule has 0 radical (unpaired) electrons. The van der Waals surface area contributed by atoms with E-state index < -0.39 is 0 Å². The molecular weight excluding hydrogens is 412 g/mol. The second-order valence-corrected chi connectivity index (χ2v) is 8.70. The topological polar surface area (TPSA) is 64.8 Å². The zero-order valence-electron chi connectivity index (χ0n) is 17.6. The lowest BCUT2D eigenvalue weighted by Gasteiger charge is -2.22. The molecule has 6 nitrogen and oxygen atoms in total. The summed E-state index contributed by atoms with van der Waals surface area (Å²) in [6.07, 6.45) is 1.94. The highest BCUT2D eigenvalue weighted by Crippen LogP contribution is 2.34. The average molecular weight is 437 g/mol. The zero-order chi connectivity index (χ0) is 21.4. The molecule has 160 valence electrons. The minimum atomic E-state index is -0.217. The lowest BCUT2D eigenvalue weighted by Crippen LogP contribution is -2.37. The smallest absolute Gasteiger partial charge is 0.295 e. The molecule has 0 aliphatic carbocycles. The summed E-state index contributed by atoms with van der Waals surface area (Å²) in [6, 6.07) is 13.5. The van der Waals surface area contributed by atoms with E-state index in [1.54, 1.807) is 11.0 Å². The highest BCUT2D eigenvalue weighted by Gasteiger charge is 2.29. The Morgan fingerprint density at radius 3 is 2.94 bits per heavy atom. The Balaban J connectivity index is 1.55. The van der Waals surface area contributed by atoms with Gasteiger partial charge in [-0.05, 0) is 50.5 Å². The quantitative estimate of drug-likeness (QED) is 0.395. The van der Waals surface area contributed by atoms with E-state index in [0.717, 1.165) is 40.6 Å². The van der Waals surface area contributed by atoms with Crippen molar-refractivity contribution in [2.75, 3.05) is 24.7 Å². The van der Waals surface area contributed by atoms with Crippen molar-refractivity contribution in [3.05, 3.63) is 53.8 Å². The minimum absolute atomic E-state index is 0.000392. The highest BCUT2D eigenvalue weighted by molar-refractivity contribution is 7.22. The Bertz CT molecular complexity index is 1240. The van der Waals surface area contributed by atoms with Gasteiger partial charge in [0.25, 0.3) is 5.91 Å². The van der Waals surface area contributed by atoms with E-state index in [4.69, 9.17) is 18.9 Å². The predicted molar refractivity (Wildman–Crippen MR) is 122 cm³/mol. The van der Waals surface area contributed by atoms with Gasteiger partial charge >= 0.3 is 0 Å². The molecule has 0 spiro atoms. The average Bonchev–Trinajstić information content (AvgIpc) is 3.51. The fraction of sp³-hybridized carbons (Fsp3) is 0.333. The monoisotopic (exact) mass is 436 g/mol. The number of rotatable bonds is 6. The molecule has 4 aromatic rings. The van der Waals surface area contributed by atoms with Crippen LogP contribution < -0.4 is 9.64 Å². The van der Waals surface area contributed by atoms with Gasteiger partial charge in [0.15, 0.2) is 22.2 Å². The van der Waals surface area contributed by atoms with E-state index >= 15 is 0 Å². The van der Waals surface area contributed by atoms with Crippen LogP contribution in [0.25, 0.3) is 21.2 Å². The molecule has 2 aromatic carbocycles. The van der Waals surface area contributed by atoms with Crippen LogP contribution in [0.4, 0.5) is 5.13 Å². The lowest BCUT2D eigenvalue weighted by atomic mass is 10.2. The first-order valence-electron chi connectivity index (χ1n) is 10.6. The van der Waals surface area contributed by atoms with Crippen molar-refractivity contribution < 1.29 is 18.7 Å². The van der Waals surface area contributed by atoms with Crippen LogP contribution >= 0.6 is 11.3 Å². The van der Waals surface area contributed by atoms with Crippen LogP contribution in [0.2, 0.25) is 0 Å². The van der Waals surface area contributed by atoms with Gasteiger partial charge in [0.2, 0.25) is 0 Å². The van der Waals surface area contributed by atoms with Gasteiger partial charge in [-0.3, -0.25) is 9.69 Å². The third kappa shape index (κ3) is 3.79. The summed E-state index contributed by atoms with van der Waals surface area (Å²) >= 11 is 1.52. The summed E-state index contributed by atoms with van der Waals surface area (Å²) in [5.74, 6) is 0.697. The van der Waals surface area contributed by atoms with Crippen LogP contribution in [0.15, 0.2) is 46.9 Å². The standard InChI is InChI=1S/C24H24N2O4S/c1-3-28-18-10-5-8-16-13-19(30-22(16)18)23(27)26(14-17-9-6-12-29-17)24-25-21-15(2)7-4-11-20(21)31-24/h4-5,7-8,10-11,13,17H,3,6,9,12,14H2,1-2H3. The summed E-state index contributed by atoms with van der Waals surface area (Å²) in [4.78, 5) is 20.1. The Hall–Kier alpha value is -2.90. The van der Waals surface area contributed by atoms with Crippen LogP contribution in [0.5, 0.6) is 5.75 Å². The van der Waals surface area contributed by atoms with E-state index in [1.807, 2.05) is 50.2 Å². The second kappa shape index (κ2) is 8.32. The van der Waals surface area contributed by atoms with Gasteiger partial charge in [0.1, 0.15) is 0 Å². The molecule has 31 heavy (non-hydrogen) atoms. The van der Waals surface area contributed by atoms with Gasteiger partial charge in [0, 0.05) is 12.0 Å². The molecule has 1 aliphatic heterocycles. The summed E-state index contributed by atoms with van der Waals surface area (Å²) in [5, 5.41) is 1.50. The Kier molecular flexibility index (Phi) is 5.38. The normalized spacial score (nSPS) is 16.3. The van der Waals surface area contributed by atoms with Crippen molar-refractivity contribution >= 4 is 43.6 Å². The molecule has 1 atom stereocenters. The lowest BCUT2D eigenvalue weighted by molar-refractivity contribution is 0.0896. The third-order valence-electron chi connectivity index (χ3n) is 5.51. The molecule has 0 saturated carbocycles. The van der Waals surface area contributed by atoms with E-state index in [9.17, 15) is 4.79 Å². The molecule has 1 unspecified atom stereocenters. The van der Waals surface area contributed by atoms with Crippen LogP contribution in [0.3, 0.4) is 0 Å². The van der Waals surface area contributed by atoms with Crippen molar-refractivity contribution in [2.24, 2.45) is 0 Å². The summed E-state index contributed by atoms with van der Waals surface area (Å²) in [5.41, 5.74) is 2.61. The maximum Gasteiger partial charge on any atom is 0.295 e. The largest absolute Gasteiger partial charge is 0.490 e. The summed E-state index contributed by atoms with van der Waals surface area (Å²) in [6.45, 7) is 5.67. The highest BCUT2D eigenvalue weighted by atomic mass is 32.1. The van der Waals surface area contributed by atoms with Crippen LogP contribution in [-0.4, -0.2) is 36.8 Å². The number of benzene rings is 2. The van der Waals surface area contributed by atoms with Gasteiger partial charge in [-0.1, -0.05) is 35.6 Å². The number of ether oxygens (including phenoxy) is 2. The molecule has 7 heteroatoms. The van der Waals surface area contributed by atoms with E-state index in [2.05, 4.69) is 0 Å². The molecular formula is C24H24N2O4S. The van der Waals surface area contributed by atoms with Gasteiger partial charge in [-0.15, -0.1) is 0 Å². The van der Waals surface area contributed by atoms with Crippen molar-refractivity contribution in [3.63, 3.8) is 0 Å². The number of amides is 1. The molecule has 1 saturated heterocycles. The number of carbonyl (C=O) groups is 1. The van der Waals surface area contributed by atoms with E-state index in [0.29, 0.717) is 29.6 Å². The van der Waals surface area contributed by atoms with Crippen molar-refractivity contribution in [3.8, 4) is 5.75 Å². The van der Waals surface area contributed by atoms with Crippen LogP contribution in [0.1, 0.15) is 35.9 Å². The van der Waals surface area contributed by atoms with Gasteiger partial charge in [0.05, 0.1) is 29.5 Å². The molecule has 1 aliphatic rings. The number of thiazole rings is 1. The van der Waals surface area contributed by atoms with E-state index in [1.165, 1.54) is 11.3 Å². The predicted octanol–water partition coefficient (Wildman–Crippen LogP) is 5.58. The second-order valence-electron chi connectivity index (χ2n) is 7.69. The first-order chi connectivity index (χ1) is 15.1. The van der Waals surface area contributed by atoms with Gasteiger partial charge in [-0.25, -0.2) is 4.98 Å². The van der Waals surface area contributed by atoms with Gasteiger partial charge in [-0.2, -0.15) is 0 Å². The van der Waals surface area contributed by atoms with Crippen molar-refractivity contribution in [2.45, 2.75) is 32.8 Å². The first-order valence-corrected chi connectivity index (χ1v) is 11.4. The summed E-state index contributed by atoms with van der Waals surface area (Å²) < 4.78 is 18.6. The SMILES string of the molecule is CCOc1cccc2cc(C(=O)N(CC3CCCO3)c3nc4c(C)cccc4s3)oc12. The Labute approximate surface area is 184 Å². The van der Waals surface area contributed by atoms with Crippen LogP contribution in [-0.2, 0) is 4.74 Å². The molecule has 0 N–H and O–H groups in total. The van der Waals surface area contributed by atoms with Gasteiger partial charge < -0.3 is 13.9 Å². The number of aromatic nitrogens is 1. The number of fused-ring (bicyclic) bond motifs is 2. The Morgan fingerprint density at radius 1 is 1.29 bits per heavy atom. The number of furan rings is 1. The molecule has 3 heterocycles. The number of nitrogens with zero attached hydrogens (tertiary/aromatic N) is 2. The van der Waals surface area contributed by atoms with Crippen molar-refractivity contribution in [1.29, 1.82) is 0 Å². The van der Waals surface area contributed by atoms with Crippen molar-refractivity contribution in [1.82, 2.24) is 4.98 Å². The number of aryl methyl sites for hydroxylation is 1. The third-order valence-corrected chi connectivity index (χ3v) is 6.56. The first kappa shape index (κ1) is 20.0. The number of hydrogen-bond acceptors (Lipinski definition) is 6. The zero-order valence-corrected chi connectivity index (χ0v) is 18.4. The van der Waals surface area contributed by atoms with Crippen LogP contribution in [0, 0.1) is 6.92 Å². The van der Waals surface area contributed by atoms with E-state index in [-0.39, 0.29) is 17.8 Å². The Morgan fingerprint density at radius 2 is 2.16 bits per heavy atom. The number of carbonyl (C=O) groups excluding carboxylic acids is 1. The molecule has 5 rings (SSSR count). The molecule has 1 amide bonds. The number of hydrogen-bond donors (Lipinski definition) is 0. The molecule has 2 aromatic heterocycles.